The van der Waals surface area contributed by atoms with Crippen molar-refractivity contribution in [3.8, 4) is 0 Å². The Morgan fingerprint density at radius 2 is 2.00 bits per heavy atom. The van der Waals surface area contributed by atoms with Crippen LogP contribution in [0.2, 0.25) is 0 Å². The van der Waals surface area contributed by atoms with Gasteiger partial charge in [0.05, 0.1) is 17.6 Å². The normalized spacial score (nSPS) is 12.6. The van der Waals surface area contributed by atoms with Crippen molar-refractivity contribution >= 4 is 47.1 Å². The van der Waals surface area contributed by atoms with E-state index >= 15 is 0 Å². The summed E-state index contributed by atoms with van der Waals surface area (Å²) in [6, 6.07) is 11.3. The number of aromatic nitrogens is 1. The molecule has 2 heterocycles. The molecule has 7 heteroatoms. The van der Waals surface area contributed by atoms with Gasteiger partial charge in [0, 0.05) is 11.8 Å². The van der Waals surface area contributed by atoms with E-state index in [0.29, 0.717) is 11.5 Å². The first kappa shape index (κ1) is 15.3. The van der Waals surface area contributed by atoms with Crippen molar-refractivity contribution in [2.75, 3.05) is 16.2 Å². The van der Waals surface area contributed by atoms with Crippen molar-refractivity contribution in [3.05, 3.63) is 54.4 Å². The molecule has 1 aliphatic rings. The lowest BCUT2D eigenvalue weighted by molar-refractivity contribution is -0.116. The molecular formula is C14H12Cl2N4O. The zero-order chi connectivity index (χ0) is 13.9. The summed E-state index contributed by atoms with van der Waals surface area (Å²) < 4.78 is 0. The predicted octanol–water partition coefficient (Wildman–Crippen LogP) is 2.86. The molecule has 0 fully saturated rings. The molecule has 1 aliphatic heterocycles. The molecule has 0 saturated carbocycles. The summed E-state index contributed by atoms with van der Waals surface area (Å²) in [6.45, 7) is 0. The Kier molecular flexibility index (Phi) is 4.77. The number of anilines is 2. The van der Waals surface area contributed by atoms with Crippen LogP contribution in [0.1, 0.15) is 5.56 Å². The van der Waals surface area contributed by atoms with E-state index in [1.165, 1.54) is 5.01 Å². The van der Waals surface area contributed by atoms with E-state index in [1.54, 1.807) is 18.5 Å². The van der Waals surface area contributed by atoms with E-state index in [-0.39, 0.29) is 24.2 Å². The highest BCUT2D eigenvalue weighted by atomic mass is 35.5. The van der Waals surface area contributed by atoms with Crippen LogP contribution in [0.4, 0.5) is 11.4 Å². The highest BCUT2D eigenvalue weighted by Crippen LogP contribution is 2.29. The maximum absolute atomic E-state index is 11.9. The number of hydrogen-bond donors (Lipinski definition) is 1. The van der Waals surface area contributed by atoms with Gasteiger partial charge in [-0.2, -0.15) is 5.01 Å². The number of alkyl halides is 1. The van der Waals surface area contributed by atoms with Gasteiger partial charge in [0.1, 0.15) is 5.88 Å². The lowest BCUT2D eigenvalue weighted by atomic mass is 10.2. The number of benzene rings is 1. The third kappa shape index (κ3) is 2.99. The number of halogens is 2. The Bertz CT molecular complexity index is 676. The molecule has 0 unspecified atom stereocenters. The molecule has 21 heavy (non-hydrogen) atoms. The van der Waals surface area contributed by atoms with Gasteiger partial charge in [-0.1, -0.05) is 30.3 Å². The second-order valence-electron chi connectivity index (χ2n) is 4.17. The largest absolute Gasteiger partial charge is 0.335 e. The van der Waals surface area contributed by atoms with Crippen molar-refractivity contribution < 1.29 is 4.79 Å². The molecule has 5 nitrogen and oxygen atoms in total. The molecule has 1 aromatic heterocycles. The molecule has 2 aromatic rings. The second kappa shape index (κ2) is 6.56. The summed E-state index contributed by atoms with van der Waals surface area (Å²) >= 11 is 5.65. The molecule has 0 aliphatic carbocycles. The molecule has 1 aromatic carbocycles. The van der Waals surface area contributed by atoms with E-state index in [9.17, 15) is 4.79 Å². The van der Waals surface area contributed by atoms with Gasteiger partial charge < -0.3 is 5.32 Å². The summed E-state index contributed by atoms with van der Waals surface area (Å²) in [6.07, 6.45) is 3.26. The quantitative estimate of drug-likeness (QED) is 0.865. The third-order valence-electron chi connectivity index (χ3n) is 2.88. The zero-order valence-electron chi connectivity index (χ0n) is 10.9. The molecule has 0 bridgehead atoms. The van der Waals surface area contributed by atoms with Crippen LogP contribution in [0.25, 0.3) is 0 Å². The van der Waals surface area contributed by atoms with Gasteiger partial charge in [0.25, 0.3) is 5.91 Å². The Morgan fingerprint density at radius 1 is 1.24 bits per heavy atom. The number of hydrazone groups is 1. The van der Waals surface area contributed by atoms with Crippen molar-refractivity contribution in [1.29, 1.82) is 0 Å². The molecular weight excluding hydrogens is 311 g/mol. The molecule has 0 spiro atoms. The van der Waals surface area contributed by atoms with Crippen LogP contribution in [-0.4, -0.2) is 22.6 Å². The lowest BCUT2D eigenvalue weighted by Gasteiger charge is -2.26. The van der Waals surface area contributed by atoms with Gasteiger partial charge >= 0.3 is 0 Å². The van der Waals surface area contributed by atoms with Crippen LogP contribution in [-0.2, 0) is 4.79 Å². The summed E-state index contributed by atoms with van der Waals surface area (Å²) in [5, 5.41) is 8.82. The van der Waals surface area contributed by atoms with Gasteiger partial charge in [0.15, 0.2) is 5.84 Å². The minimum atomic E-state index is -0.283. The van der Waals surface area contributed by atoms with Crippen LogP contribution < -0.4 is 10.3 Å². The summed E-state index contributed by atoms with van der Waals surface area (Å²) in [5.74, 6) is 0.173. The minimum Gasteiger partial charge on any atom is -0.335 e. The fourth-order valence-electron chi connectivity index (χ4n) is 1.95. The summed E-state index contributed by atoms with van der Waals surface area (Å²) in [4.78, 5) is 16.0. The number of nitrogens with zero attached hydrogens (tertiary/aromatic N) is 3. The Labute approximate surface area is 133 Å². The summed E-state index contributed by atoms with van der Waals surface area (Å²) in [5.41, 5.74) is 2.25. The number of amidine groups is 1. The van der Waals surface area contributed by atoms with E-state index in [4.69, 9.17) is 11.6 Å². The minimum absolute atomic E-state index is 0. The highest BCUT2D eigenvalue weighted by molar-refractivity contribution is 6.30. The topological polar surface area (TPSA) is 57.6 Å². The number of fused-ring (bicyclic) bond motifs is 1. The van der Waals surface area contributed by atoms with Gasteiger partial charge in [-0.05, 0) is 6.07 Å². The first-order valence-electron chi connectivity index (χ1n) is 6.03. The Morgan fingerprint density at radius 3 is 2.71 bits per heavy atom. The zero-order valence-corrected chi connectivity index (χ0v) is 12.4. The fourth-order valence-corrected chi connectivity index (χ4v) is 2.06. The van der Waals surface area contributed by atoms with E-state index in [0.717, 1.165) is 11.3 Å². The molecule has 0 radical (unpaired) electrons. The Balaban J connectivity index is 0.00000161. The predicted molar refractivity (Wildman–Crippen MR) is 86.3 cm³/mol. The van der Waals surface area contributed by atoms with Crippen LogP contribution in [0.5, 0.6) is 0 Å². The third-order valence-corrected chi connectivity index (χ3v) is 3.11. The van der Waals surface area contributed by atoms with Crippen LogP contribution >= 0.6 is 24.0 Å². The van der Waals surface area contributed by atoms with E-state index in [1.807, 2.05) is 30.3 Å². The average molecular weight is 323 g/mol. The van der Waals surface area contributed by atoms with E-state index < -0.39 is 0 Å². The Hall–Kier alpha value is -2.11. The molecule has 3 rings (SSSR count). The van der Waals surface area contributed by atoms with Gasteiger partial charge in [0.2, 0.25) is 0 Å². The average Bonchev–Trinajstić information content (AvgIpc) is 2.54. The van der Waals surface area contributed by atoms with Crippen LogP contribution in [0, 0.1) is 0 Å². The number of pyridine rings is 1. The van der Waals surface area contributed by atoms with E-state index in [2.05, 4.69) is 15.4 Å². The number of amides is 1. The van der Waals surface area contributed by atoms with Crippen LogP contribution in [0.15, 0.2) is 53.9 Å². The van der Waals surface area contributed by atoms with Gasteiger partial charge in [-0.25, -0.2) is 0 Å². The maximum Gasteiger partial charge on any atom is 0.262 e. The number of hydrogen-bond acceptors (Lipinski definition) is 4. The van der Waals surface area contributed by atoms with Crippen molar-refractivity contribution in [2.24, 2.45) is 5.10 Å². The second-order valence-corrected chi connectivity index (χ2v) is 4.44. The maximum atomic E-state index is 11.9. The van der Waals surface area contributed by atoms with Crippen LogP contribution in [0.3, 0.4) is 0 Å². The molecule has 108 valence electrons. The summed E-state index contributed by atoms with van der Waals surface area (Å²) in [7, 11) is 0. The van der Waals surface area contributed by atoms with Crippen molar-refractivity contribution in [2.45, 2.75) is 0 Å². The number of carbonyl (C=O) groups is 1. The smallest absolute Gasteiger partial charge is 0.262 e. The highest BCUT2D eigenvalue weighted by Gasteiger charge is 2.24. The molecule has 1 amide bonds. The number of nitrogens with one attached hydrogen (secondary N) is 1. The molecule has 0 saturated heterocycles. The van der Waals surface area contributed by atoms with Crippen molar-refractivity contribution in [3.63, 3.8) is 0 Å². The first-order chi connectivity index (χ1) is 9.79. The molecule has 1 N–H and O–H groups in total. The number of rotatable bonds is 2. The molecule has 0 atom stereocenters. The van der Waals surface area contributed by atoms with Crippen molar-refractivity contribution in [1.82, 2.24) is 4.98 Å². The fraction of sp³-hybridized carbons (Fsp3) is 0.0714. The van der Waals surface area contributed by atoms with Gasteiger partial charge in [-0.3, -0.25) is 9.78 Å². The monoisotopic (exact) mass is 322 g/mol. The number of carbonyl (C=O) groups excluding carboxylic acids is 1. The lowest BCUT2D eigenvalue weighted by Crippen LogP contribution is -2.34. The SMILES string of the molecule is Cl.O=C(CCl)N1N=C(c2ccccc2)Nc2cnccc21. The van der Waals surface area contributed by atoms with Gasteiger partial charge in [-0.15, -0.1) is 29.1 Å². The standard InChI is InChI=1S/C14H11ClN4O.ClH/c15-8-13(20)19-12-6-7-16-9-11(12)17-14(18-19)10-4-2-1-3-5-10;/h1-7,9H,8H2,(H,17,18);1H. The first-order valence-corrected chi connectivity index (χ1v) is 6.57.